The molecule has 0 spiro atoms. The molecular formula is C27H23N3O5. The van der Waals surface area contributed by atoms with Gasteiger partial charge in [0, 0.05) is 16.9 Å². The second kappa shape index (κ2) is 11.8. The van der Waals surface area contributed by atoms with Crippen LogP contribution >= 0.6 is 0 Å². The Kier molecular flexibility index (Phi) is 8.35. The van der Waals surface area contributed by atoms with Crippen LogP contribution in [0.15, 0.2) is 78.4 Å². The smallest absolute Gasteiger partial charge is 0.338 e. The van der Waals surface area contributed by atoms with Crippen LogP contribution in [0.3, 0.4) is 0 Å². The molecule has 0 heterocycles. The summed E-state index contributed by atoms with van der Waals surface area (Å²) in [6, 6.07) is 21.5. The van der Waals surface area contributed by atoms with E-state index in [1.165, 1.54) is 18.2 Å². The molecule has 0 fully saturated rings. The molecule has 0 saturated carbocycles. The third-order valence-electron chi connectivity index (χ3n) is 4.83. The van der Waals surface area contributed by atoms with E-state index in [1.807, 2.05) is 6.07 Å². The molecular weight excluding hydrogens is 446 g/mol. The van der Waals surface area contributed by atoms with Gasteiger partial charge in [-0.3, -0.25) is 9.59 Å². The van der Waals surface area contributed by atoms with E-state index in [-0.39, 0.29) is 18.1 Å². The molecule has 0 aliphatic rings. The van der Waals surface area contributed by atoms with Gasteiger partial charge in [0.1, 0.15) is 17.4 Å². The van der Waals surface area contributed by atoms with Crippen molar-refractivity contribution in [1.29, 1.82) is 5.26 Å². The maximum Gasteiger partial charge on any atom is 0.338 e. The molecule has 0 saturated heterocycles. The molecule has 0 radical (unpaired) electrons. The zero-order valence-corrected chi connectivity index (χ0v) is 19.2. The first-order valence-electron chi connectivity index (χ1n) is 10.7. The van der Waals surface area contributed by atoms with Crippen LogP contribution in [0, 0.1) is 11.3 Å². The summed E-state index contributed by atoms with van der Waals surface area (Å²) < 4.78 is 10.0. The molecule has 8 heteroatoms. The van der Waals surface area contributed by atoms with E-state index < -0.39 is 11.9 Å². The number of hydrogen-bond acceptors (Lipinski definition) is 6. The van der Waals surface area contributed by atoms with Gasteiger partial charge in [0.25, 0.3) is 11.8 Å². The molecule has 35 heavy (non-hydrogen) atoms. The van der Waals surface area contributed by atoms with Crippen LogP contribution < -0.4 is 15.4 Å². The zero-order chi connectivity index (χ0) is 25.2. The normalized spacial score (nSPS) is 10.6. The van der Waals surface area contributed by atoms with Gasteiger partial charge in [0.05, 0.1) is 19.3 Å². The Morgan fingerprint density at radius 3 is 2.23 bits per heavy atom. The topological polar surface area (TPSA) is 118 Å². The van der Waals surface area contributed by atoms with Gasteiger partial charge in [0.15, 0.2) is 0 Å². The Morgan fingerprint density at radius 1 is 0.914 bits per heavy atom. The minimum absolute atomic E-state index is 0.127. The molecule has 3 rings (SSSR count). The number of nitrogens with one attached hydrogen (secondary N) is 2. The Balaban J connectivity index is 1.69. The summed E-state index contributed by atoms with van der Waals surface area (Å²) in [4.78, 5) is 36.8. The largest absolute Gasteiger partial charge is 0.497 e. The fourth-order valence-electron chi connectivity index (χ4n) is 3.07. The lowest BCUT2D eigenvalue weighted by molar-refractivity contribution is -0.112. The summed E-state index contributed by atoms with van der Waals surface area (Å²) in [7, 11) is 1.55. The number of esters is 1. The average molecular weight is 469 g/mol. The molecule has 0 unspecified atom stereocenters. The van der Waals surface area contributed by atoms with E-state index in [0.29, 0.717) is 33.8 Å². The summed E-state index contributed by atoms with van der Waals surface area (Å²) in [6.07, 6.45) is 1.42. The minimum atomic E-state index is -0.607. The SMILES string of the molecule is CCOC(=O)c1ccc(NC(=O)/C(C#N)=C/c2cccc(NC(=O)c3ccc(OC)cc3)c2)cc1. The second-order valence-corrected chi connectivity index (χ2v) is 7.23. The van der Waals surface area contributed by atoms with E-state index in [0.717, 1.165) is 0 Å². The third-order valence-corrected chi connectivity index (χ3v) is 4.83. The number of anilines is 2. The summed E-state index contributed by atoms with van der Waals surface area (Å²) in [5.74, 6) is -0.727. The first-order chi connectivity index (χ1) is 16.9. The number of ether oxygens (including phenoxy) is 2. The Morgan fingerprint density at radius 2 is 1.60 bits per heavy atom. The van der Waals surface area contributed by atoms with E-state index in [9.17, 15) is 19.6 Å². The van der Waals surface area contributed by atoms with Crippen molar-refractivity contribution >= 4 is 35.2 Å². The minimum Gasteiger partial charge on any atom is -0.497 e. The highest BCUT2D eigenvalue weighted by Crippen LogP contribution is 2.18. The molecule has 8 nitrogen and oxygen atoms in total. The molecule has 2 N–H and O–H groups in total. The monoisotopic (exact) mass is 469 g/mol. The van der Waals surface area contributed by atoms with Gasteiger partial charge in [0.2, 0.25) is 0 Å². The summed E-state index contributed by atoms with van der Waals surface area (Å²) in [6.45, 7) is 1.98. The lowest BCUT2D eigenvalue weighted by Gasteiger charge is -2.08. The van der Waals surface area contributed by atoms with Crippen molar-refractivity contribution in [3.8, 4) is 11.8 Å². The highest BCUT2D eigenvalue weighted by molar-refractivity contribution is 6.10. The van der Waals surface area contributed by atoms with E-state index >= 15 is 0 Å². The van der Waals surface area contributed by atoms with Crippen molar-refractivity contribution < 1.29 is 23.9 Å². The number of amides is 2. The van der Waals surface area contributed by atoms with Crippen molar-refractivity contribution in [2.45, 2.75) is 6.92 Å². The first kappa shape index (κ1) is 24.7. The van der Waals surface area contributed by atoms with Crippen LogP contribution in [0.1, 0.15) is 33.2 Å². The third kappa shape index (κ3) is 6.79. The van der Waals surface area contributed by atoms with Gasteiger partial charge in [-0.1, -0.05) is 12.1 Å². The van der Waals surface area contributed by atoms with Crippen LogP contribution in [0.2, 0.25) is 0 Å². The molecule has 0 aliphatic heterocycles. The lowest BCUT2D eigenvalue weighted by Crippen LogP contribution is -2.14. The molecule has 2 amide bonds. The molecule has 0 aliphatic carbocycles. The summed E-state index contributed by atoms with van der Waals surface area (Å²) in [5, 5.41) is 14.9. The summed E-state index contributed by atoms with van der Waals surface area (Å²) in [5.41, 5.74) is 2.17. The Hall–Kier alpha value is -4.90. The number of benzene rings is 3. The van der Waals surface area contributed by atoms with Crippen LogP contribution in [0.25, 0.3) is 6.08 Å². The van der Waals surface area contributed by atoms with Gasteiger partial charge in [-0.25, -0.2) is 4.79 Å². The number of carbonyl (C=O) groups is 3. The average Bonchev–Trinajstić information content (AvgIpc) is 2.88. The molecule has 176 valence electrons. The lowest BCUT2D eigenvalue weighted by atomic mass is 10.1. The molecule has 0 atom stereocenters. The van der Waals surface area contributed by atoms with Crippen molar-refractivity contribution in [2.24, 2.45) is 0 Å². The molecule has 0 bridgehead atoms. The predicted octanol–water partition coefficient (Wildman–Crippen LogP) is 4.67. The number of methoxy groups -OCH3 is 1. The number of rotatable bonds is 8. The van der Waals surface area contributed by atoms with E-state index in [2.05, 4.69) is 10.6 Å². The Labute approximate surface area is 202 Å². The van der Waals surface area contributed by atoms with Crippen LogP contribution in [-0.4, -0.2) is 31.5 Å². The molecule has 3 aromatic rings. The fraction of sp³-hybridized carbons (Fsp3) is 0.111. The van der Waals surface area contributed by atoms with Crippen molar-refractivity contribution in [3.05, 3.63) is 95.1 Å². The maximum absolute atomic E-state index is 12.6. The quantitative estimate of drug-likeness (QED) is 0.281. The second-order valence-electron chi connectivity index (χ2n) is 7.23. The highest BCUT2D eigenvalue weighted by Gasteiger charge is 2.12. The maximum atomic E-state index is 12.6. The van der Waals surface area contributed by atoms with Crippen LogP contribution in [0.5, 0.6) is 5.75 Å². The van der Waals surface area contributed by atoms with Crippen LogP contribution in [0.4, 0.5) is 11.4 Å². The standard InChI is InChI=1S/C27H23N3O5/c1-3-35-27(33)20-7-11-22(12-8-20)29-26(32)21(17-28)15-18-5-4-6-23(16-18)30-25(31)19-9-13-24(34-2)14-10-19/h4-16H,3H2,1-2H3,(H,29,32)(H,30,31)/b21-15+. The fourth-order valence-corrected chi connectivity index (χ4v) is 3.07. The van der Waals surface area contributed by atoms with Gasteiger partial charge in [-0.2, -0.15) is 5.26 Å². The van der Waals surface area contributed by atoms with Gasteiger partial charge in [-0.15, -0.1) is 0 Å². The van der Waals surface area contributed by atoms with E-state index in [4.69, 9.17) is 9.47 Å². The zero-order valence-electron chi connectivity index (χ0n) is 19.2. The van der Waals surface area contributed by atoms with Crippen LogP contribution in [-0.2, 0) is 9.53 Å². The highest BCUT2D eigenvalue weighted by atomic mass is 16.5. The predicted molar refractivity (Wildman–Crippen MR) is 132 cm³/mol. The van der Waals surface area contributed by atoms with Gasteiger partial charge < -0.3 is 20.1 Å². The number of nitrogens with zero attached hydrogens (tertiary/aromatic N) is 1. The van der Waals surface area contributed by atoms with Gasteiger partial charge in [-0.05, 0) is 79.2 Å². The number of nitriles is 1. The number of carbonyl (C=O) groups excluding carboxylic acids is 3. The van der Waals surface area contributed by atoms with Crippen molar-refractivity contribution in [3.63, 3.8) is 0 Å². The number of hydrogen-bond donors (Lipinski definition) is 2. The summed E-state index contributed by atoms with van der Waals surface area (Å²) >= 11 is 0. The van der Waals surface area contributed by atoms with Crippen molar-refractivity contribution in [1.82, 2.24) is 0 Å². The Bertz CT molecular complexity index is 1290. The van der Waals surface area contributed by atoms with Crippen molar-refractivity contribution in [2.75, 3.05) is 24.4 Å². The van der Waals surface area contributed by atoms with Gasteiger partial charge >= 0.3 is 5.97 Å². The van der Waals surface area contributed by atoms with E-state index in [1.54, 1.807) is 74.7 Å². The first-order valence-corrected chi connectivity index (χ1v) is 10.7. The molecule has 0 aromatic heterocycles. The molecule has 3 aromatic carbocycles.